The molecule has 1 aliphatic heterocycles. The smallest absolute Gasteiger partial charge is 0.330 e. The Bertz CT molecular complexity index is 260. The van der Waals surface area contributed by atoms with Gasteiger partial charge in [-0.3, -0.25) is 4.79 Å². The molecular weight excluding hydrogens is 224 g/mol. The van der Waals surface area contributed by atoms with E-state index < -0.39 is 5.97 Å². The first kappa shape index (κ1) is 15.2. The highest BCUT2D eigenvalue weighted by Gasteiger charge is 2.05. The molecule has 0 aromatic rings. The molecule has 1 N–H and O–H groups in total. The molecule has 96 valence electrons. The van der Waals surface area contributed by atoms with Crippen molar-refractivity contribution in [3.05, 3.63) is 25.0 Å². The first-order valence-corrected chi connectivity index (χ1v) is 5.44. The number of esters is 2. The summed E-state index contributed by atoms with van der Waals surface area (Å²) in [5.74, 6) is -0.518. The zero-order valence-electron chi connectivity index (χ0n) is 9.76. The van der Waals surface area contributed by atoms with Crippen LogP contribution in [0, 0.1) is 0 Å². The largest absolute Gasteiger partial charge is 0.516 e. The van der Waals surface area contributed by atoms with Gasteiger partial charge in [0.1, 0.15) is 6.61 Å². The van der Waals surface area contributed by atoms with Crippen LogP contribution in [0.1, 0.15) is 25.7 Å². The number of hydrogen-bond acceptors (Lipinski definition) is 5. The van der Waals surface area contributed by atoms with Crippen LogP contribution in [0.5, 0.6) is 0 Å². The predicted octanol–water partition coefficient (Wildman–Crippen LogP) is 1.89. The van der Waals surface area contributed by atoms with Gasteiger partial charge in [-0.2, -0.15) is 0 Å². The first-order chi connectivity index (χ1) is 8.20. The zero-order valence-corrected chi connectivity index (χ0v) is 9.76. The van der Waals surface area contributed by atoms with Crippen molar-refractivity contribution in [1.29, 1.82) is 0 Å². The van der Waals surface area contributed by atoms with Crippen molar-refractivity contribution >= 4 is 11.9 Å². The molecule has 0 spiro atoms. The van der Waals surface area contributed by atoms with Crippen molar-refractivity contribution in [3.63, 3.8) is 0 Å². The molecule has 0 unspecified atom stereocenters. The van der Waals surface area contributed by atoms with E-state index in [4.69, 9.17) is 9.84 Å². The minimum Gasteiger partial charge on any atom is -0.516 e. The monoisotopic (exact) mass is 242 g/mol. The molecule has 0 radical (unpaired) electrons. The van der Waals surface area contributed by atoms with Gasteiger partial charge >= 0.3 is 11.9 Å². The van der Waals surface area contributed by atoms with Gasteiger partial charge in [0.15, 0.2) is 0 Å². The van der Waals surface area contributed by atoms with Crippen LogP contribution in [0.15, 0.2) is 25.0 Å². The average Bonchev–Trinajstić information content (AvgIpc) is 2.58. The van der Waals surface area contributed by atoms with Crippen molar-refractivity contribution in [2.24, 2.45) is 0 Å². The molecule has 0 bridgehead atoms. The quantitative estimate of drug-likeness (QED) is 0.465. The fourth-order valence-corrected chi connectivity index (χ4v) is 1.04. The topological polar surface area (TPSA) is 72.8 Å². The molecule has 1 heterocycles. The third-order valence-corrected chi connectivity index (χ3v) is 1.88. The number of hydrogen-bond donors (Lipinski definition) is 1. The van der Waals surface area contributed by atoms with Gasteiger partial charge in [0, 0.05) is 12.5 Å². The molecule has 0 saturated carbocycles. The van der Waals surface area contributed by atoms with E-state index in [2.05, 4.69) is 11.3 Å². The van der Waals surface area contributed by atoms with Crippen molar-refractivity contribution < 1.29 is 24.2 Å². The maximum absolute atomic E-state index is 10.5. The van der Waals surface area contributed by atoms with E-state index in [9.17, 15) is 9.59 Å². The second-order valence-electron chi connectivity index (χ2n) is 3.25. The van der Waals surface area contributed by atoms with Crippen LogP contribution in [0.2, 0.25) is 0 Å². The third-order valence-electron chi connectivity index (χ3n) is 1.88. The van der Waals surface area contributed by atoms with Gasteiger partial charge < -0.3 is 14.6 Å². The molecule has 0 aliphatic carbocycles. The van der Waals surface area contributed by atoms with Crippen molar-refractivity contribution in [3.8, 4) is 0 Å². The van der Waals surface area contributed by atoms with Crippen LogP contribution in [-0.4, -0.2) is 30.3 Å². The third kappa shape index (κ3) is 10.5. The standard InChI is InChI=1S/C6H8O3.C6H10O2/c1-2-6(8)9-5-3-4-7;7-6-4-2-1-3-5-8-6/h2-4,7H,1,5H2;1-5H2. The summed E-state index contributed by atoms with van der Waals surface area (Å²) in [6, 6.07) is 0. The SMILES string of the molecule is C=CC(=O)OCC=CO.O=C1CCCCCO1. The van der Waals surface area contributed by atoms with Gasteiger partial charge in [-0.15, -0.1) is 0 Å². The lowest BCUT2D eigenvalue weighted by molar-refractivity contribution is -0.142. The number of cyclic esters (lactones) is 1. The molecule has 1 rings (SSSR count). The second kappa shape index (κ2) is 10.7. The molecule has 0 aromatic heterocycles. The van der Waals surface area contributed by atoms with E-state index in [0.717, 1.165) is 31.6 Å². The van der Waals surface area contributed by atoms with Gasteiger partial charge in [-0.25, -0.2) is 4.79 Å². The molecule has 1 saturated heterocycles. The van der Waals surface area contributed by atoms with E-state index in [-0.39, 0.29) is 12.6 Å². The summed E-state index contributed by atoms with van der Waals surface area (Å²) in [5, 5.41) is 8.05. The van der Waals surface area contributed by atoms with E-state index in [1.165, 1.54) is 6.08 Å². The van der Waals surface area contributed by atoms with Gasteiger partial charge in [0.05, 0.1) is 12.9 Å². The molecule has 0 aromatic carbocycles. The number of carbonyl (C=O) groups excluding carboxylic acids is 2. The fourth-order valence-electron chi connectivity index (χ4n) is 1.04. The summed E-state index contributed by atoms with van der Waals surface area (Å²) in [7, 11) is 0. The lowest BCUT2D eigenvalue weighted by Gasteiger charge is -1.93. The number of aliphatic hydroxyl groups excluding tert-OH is 1. The minimum absolute atomic E-state index is 0.0255. The van der Waals surface area contributed by atoms with Crippen LogP contribution in [0.4, 0.5) is 0 Å². The van der Waals surface area contributed by atoms with Crippen LogP contribution >= 0.6 is 0 Å². The number of carbonyl (C=O) groups is 2. The molecule has 0 amide bonds. The minimum atomic E-state index is -0.492. The number of rotatable bonds is 3. The molecule has 5 heteroatoms. The highest BCUT2D eigenvalue weighted by molar-refractivity contribution is 5.81. The molecule has 5 nitrogen and oxygen atoms in total. The van der Waals surface area contributed by atoms with Crippen LogP contribution < -0.4 is 0 Å². The Morgan fingerprint density at radius 2 is 2.24 bits per heavy atom. The summed E-state index contributed by atoms with van der Waals surface area (Å²) in [6.45, 7) is 3.90. The van der Waals surface area contributed by atoms with E-state index in [1.807, 2.05) is 0 Å². The molecule has 0 atom stereocenters. The molecule has 1 fully saturated rings. The van der Waals surface area contributed by atoms with E-state index in [1.54, 1.807) is 0 Å². The fraction of sp³-hybridized carbons (Fsp3) is 0.500. The Morgan fingerprint density at radius 1 is 1.47 bits per heavy atom. The highest BCUT2D eigenvalue weighted by atomic mass is 16.5. The second-order valence-corrected chi connectivity index (χ2v) is 3.25. The number of aliphatic hydroxyl groups is 1. The summed E-state index contributed by atoms with van der Waals surface area (Å²) in [6.07, 6.45) is 7.01. The Kier molecular flexibility index (Phi) is 9.61. The van der Waals surface area contributed by atoms with E-state index in [0.29, 0.717) is 13.0 Å². The predicted molar refractivity (Wildman–Crippen MR) is 62.4 cm³/mol. The Labute approximate surface area is 101 Å². The van der Waals surface area contributed by atoms with Gasteiger partial charge in [0.2, 0.25) is 0 Å². The van der Waals surface area contributed by atoms with Crippen LogP contribution in [-0.2, 0) is 19.1 Å². The summed E-state index contributed by atoms with van der Waals surface area (Å²) < 4.78 is 9.19. The Balaban J connectivity index is 0.000000302. The van der Waals surface area contributed by atoms with Gasteiger partial charge in [-0.1, -0.05) is 6.58 Å². The van der Waals surface area contributed by atoms with Crippen LogP contribution in [0.25, 0.3) is 0 Å². The van der Waals surface area contributed by atoms with Crippen molar-refractivity contribution in [1.82, 2.24) is 0 Å². The normalized spacial score (nSPS) is 15.2. The van der Waals surface area contributed by atoms with E-state index >= 15 is 0 Å². The first-order valence-electron chi connectivity index (χ1n) is 5.44. The van der Waals surface area contributed by atoms with Crippen molar-refractivity contribution in [2.45, 2.75) is 25.7 Å². The lowest BCUT2D eigenvalue weighted by Crippen LogP contribution is -2.00. The highest BCUT2D eigenvalue weighted by Crippen LogP contribution is 2.06. The van der Waals surface area contributed by atoms with Crippen LogP contribution in [0.3, 0.4) is 0 Å². The summed E-state index contributed by atoms with van der Waals surface area (Å²) in [5.41, 5.74) is 0. The lowest BCUT2D eigenvalue weighted by atomic mass is 10.2. The maximum atomic E-state index is 10.5. The zero-order chi connectivity index (χ0) is 12.9. The van der Waals surface area contributed by atoms with Gasteiger partial charge in [-0.05, 0) is 25.3 Å². The number of ether oxygens (including phenoxy) is 2. The maximum Gasteiger partial charge on any atom is 0.330 e. The molecule has 1 aliphatic rings. The molecular formula is C12H18O5. The summed E-state index contributed by atoms with van der Waals surface area (Å²) >= 11 is 0. The Hall–Kier alpha value is -1.78. The van der Waals surface area contributed by atoms with Gasteiger partial charge in [0.25, 0.3) is 0 Å². The average molecular weight is 242 g/mol. The van der Waals surface area contributed by atoms with Crippen molar-refractivity contribution in [2.75, 3.05) is 13.2 Å². The Morgan fingerprint density at radius 3 is 2.88 bits per heavy atom. The molecule has 17 heavy (non-hydrogen) atoms. The summed E-state index contributed by atoms with van der Waals surface area (Å²) in [4.78, 5) is 20.7.